The molecule has 1 N–H and O–H groups in total. The monoisotopic (exact) mass is 477 g/mol. The summed E-state index contributed by atoms with van der Waals surface area (Å²) in [6, 6.07) is 19.2. The Labute approximate surface area is 199 Å². The van der Waals surface area contributed by atoms with E-state index in [2.05, 4.69) is 10.3 Å². The maximum atomic E-state index is 13.4. The minimum Gasteiger partial charge on any atom is -0.325 e. The molecule has 33 heavy (non-hydrogen) atoms. The standard InChI is InChI=1S/C25H20ClN3O3S/c1-15-20(26)10-6-12-22(15)29-24(32)19-9-3-4-11-21(19)28-25(29)33-14-23(31)27-18-8-5-7-17(13-18)16(2)30/h3-13H,14H2,1-2H3,(H,27,31). The number of anilines is 1. The third kappa shape index (κ3) is 4.84. The minimum atomic E-state index is -0.280. The van der Waals surface area contributed by atoms with Crippen LogP contribution in [-0.4, -0.2) is 27.0 Å². The van der Waals surface area contributed by atoms with Gasteiger partial charge in [-0.2, -0.15) is 0 Å². The molecule has 8 heteroatoms. The van der Waals surface area contributed by atoms with E-state index in [1.54, 1.807) is 60.7 Å². The highest BCUT2D eigenvalue weighted by Crippen LogP contribution is 2.26. The first-order valence-corrected chi connectivity index (χ1v) is 11.5. The number of thioether (sulfide) groups is 1. The van der Waals surface area contributed by atoms with Crippen LogP contribution in [0.2, 0.25) is 5.02 Å². The number of hydrogen-bond donors (Lipinski definition) is 1. The average Bonchev–Trinajstić information content (AvgIpc) is 2.80. The number of benzene rings is 3. The quantitative estimate of drug-likeness (QED) is 0.232. The molecule has 0 atom stereocenters. The highest BCUT2D eigenvalue weighted by molar-refractivity contribution is 7.99. The third-order valence-corrected chi connectivity index (χ3v) is 6.46. The number of ketones is 1. The summed E-state index contributed by atoms with van der Waals surface area (Å²) in [6.07, 6.45) is 0. The normalized spacial score (nSPS) is 10.9. The summed E-state index contributed by atoms with van der Waals surface area (Å²) < 4.78 is 1.50. The van der Waals surface area contributed by atoms with Crippen molar-refractivity contribution in [2.24, 2.45) is 0 Å². The van der Waals surface area contributed by atoms with E-state index in [4.69, 9.17) is 11.6 Å². The van der Waals surface area contributed by atoms with Crippen LogP contribution in [-0.2, 0) is 4.79 Å². The molecule has 0 spiro atoms. The first-order valence-electron chi connectivity index (χ1n) is 10.2. The van der Waals surface area contributed by atoms with Crippen LogP contribution < -0.4 is 10.9 Å². The first kappa shape index (κ1) is 22.8. The lowest BCUT2D eigenvalue weighted by Gasteiger charge is -2.15. The SMILES string of the molecule is CC(=O)c1cccc(NC(=O)CSc2nc3ccccc3c(=O)n2-c2cccc(Cl)c2C)c1. The number of para-hydroxylation sites is 1. The van der Waals surface area contributed by atoms with Crippen LogP contribution in [0.3, 0.4) is 0 Å². The highest BCUT2D eigenvalue weighted by atomic mass is 35.5. The molecule has 0 fully saturated rings. The van der Waals surface area contributed by atoms with Gasteiger partial charge in [0.2, 0.25) is 5.91 Å². The van der Waals surface area contributed by atoms with E-state index in [9.17, 15) is 14.4 Å². The van der Waals surface area contributed by atoms with E-state index in [1.165, 1.54) is 11.5 Å². The molecule has 1 amide bonds. The van der Waals surface area contributed by atoms with Crippen molar-refractivity contribution in [3.8, 4) is 5.69 Å². The van der Waals surface area contributed by atoms with E-state index < -0.39 is 0 Å². The van der Waals surface area contributed by atoms with E-state index in [0.717, 1.165) is 17.3 Å². The maximum Gasteiger partial charge on any atom is 0.266 e. The van der Waals surface area contributed by atoms with Crippen LogP contribution in [0, 0.1) is 6.92 Å². The van der Waals surface area contributed by atoms with Gasteiger partial charge >= 0.3 is 0 Å². The molecule has 0 aliphatic rings. The predicted octanol–water partition coefficient (Wildman–Crippen LogP) is 5.28. The van der Waals surface area contributed by atoms with Crippen LogP contribution in [0.1, 0.15) is 22.8 Å². The molecule has 6 nitrogen and oxygen atoms in total. The number of hydrogen-bond acceptors (Lipinski definition) is 5. The number of nitrogens with zero attached hydrogens (tertiary/aromatic N) is 2. The summed E-state index contributed by atoms with van der Waals surface area (Å²) in [5, 5.41) is 4.19. The van der Waals surface area contributed by atoms with E-state index in [-0.39, 0.29) is 23.0 Å². The molecule has 0 aliphatic heterocycles. The number of carbonyl (C=O) groups is 2. The van der Waals surface area contributed by atoms with Crippen LogP contribution in [0.4, 0.5) is 5.69 Å². The smallest absolute Gasteiger partial charge is 0.266 e. The number of rotatable bonds is 6. The molecule has 166 valence electrons. The molecule has 0 bridgehead atoms. The number of nitrogens with one attached hydrogen (secondary N) is 1. The predicted molar refractivity (Wildman–Crippen MR) is 133 cm³/mol. The van der Waals surface area contributed by atoms with Crippen LogP contribution in [0.15, 0.2) is 76.7 Å². The molecular weight excluding hydrogens is 458 g/mol. The van der Waals surface area contributed by atoms with Crippen molar-refractivity contribution >= 4 is 51.6 Å². The minimum absolute atomic E-state index is 0.0225. The maximum absolute atomic E-state index is 13.4. The van der Waals surface area contributed by atoms with E-state index in [1.807, 2.05) is 13.0 Å². The summed E-state index contributed by atoms with van der Waals surface area (Å²) in [4.78, 5) is 42.3. The van der Waals surface area contributed by atoms with Gasteiger partial charge in [0.1, 0.15) is 0 Å². The number of fused-ring (bicyclic) bond motifs is 1. The number of Topliss-reactive ketones (excluding diaryl/α,β-unsaturated/α-hetero) is 1. The summed E-state index contributed by atoms with van der Waals surface area (Å²) >= 11 is 7.46. The summed E-state index contributed by atoms with van der Waals surface area (Å²) in [7, 11) is 0. The Kier molecular flexibility index (Phi) is 6.62. The summed E-state index contributed by atoms with van der Waals surface area (Å²) in [6.45, 7) is 3.31. The zero-order chi connectivity index (χ0) is 23.5. The van der Waals surface area contributed by atoms with Gasteiger partial charge in [-0.05, 0) is 55.8 Å². The average molecular weight is 478 g/mol. The van der Waals surface area contributed by atoms with Gasteiger partial charge in [0.15, 0.2) is 10.9 Å². The van der Waals surface area contributed by atoms with E-state index >= 15 is 0 Å². The fourth-order valence-corrected chi connectivity index (χ4v) is 4.38. The Hall–Kier alpha value is -3.42. The van der Waals surface area contributed by atoms with Gasteiger partial charge in [-0.3, -0.25) is 19.0 Å². The number of halogens is 1. The third-order valence-electron chi connectivity index (χ3n) is 5.11. The van der Waals surface area contributed by atoms with Gasteiger partial charge in [-0.15, -0.1) is 0 Å². The van der Waals surface area contributed by atoms with Crippen molar-refractivity contribution in [2.75, 3.05) is 11.1 Å². The summed E-state index contributed by atoms with van der Waals surface area (Å²) in [5.41, 5.74) is 2.72. The topological polar surface area (TPSA) is 81.1 Å². The van der Waals surface area contributed by atoms with Gasteiger partial charge in [-0.25, -0.2) is 4.98 Å². The van der Waals surface area contributed by atoms with Gasteiger partial charge in [0.05, 0.1) is 22.3 Å². The second-order valence-corrected chi connectivity index (χ2v) is 8.76. The lowest BCUT2D eigenvalue weighted by molar-refractivity contribution is -0.113. The van der Waals surface area contributed by atoms with Crippen LogP contribution in [0.5, 0.6) is 0 Å². The number of amides is 1. The second-order valence-electron chi connectivity index (χ2n) is 7.41. The van der Waals surface area contributed by atoms with Crippen LogP contribution in [0.25, 0.3) is 16.6 Å². The van der Waals surface area contributed by atoms with Crippen molar-refractivity contribution in [3.63, 3.8) is 0 Å². The second kappa shape index (κ2) is 9.60. The van der Waals surface area contributed by atoms with Gasteiger partial charge in [0, 0.05) is 16.3 Å². The molecule has 1 heterocycles. The molecule has 4 aromatic rings. The highest BCUT2D eigenvalue weighted by Gasteiger charge is 2.17. The molecule has 0 aliphatic carbocycles. The van der Waals surface area contributed by atoms with Crippen molar-refractivity contribution < 1.29 is 9.59 Å². The van der Waals surface area contributed by atoms with Gasteiger partial charge < -0.3 is 5.32 Å². The lowest BCUT2D eigenvalue weighted by Crippen LogP contribution is -2.23. The Bertz CT molecular complexity index is 1450. The summed E-state index contributed by atoms with van der Waals surface area (Å²) in [5.74, 6) is -0.339. The molecule has 0 saturated carbocycles. The van der Waals surface area contributed by atoms with Crippen molar-refractivity contribution in [1.29, 1.82) is 0 Å². The Morgan fingerprint density at radius 3 is 2.61 bits per heavy atom. The van der Waals surface area contributed by atoms with Gasteiger partial charge in [-0.1, -0.05) is 53.7 Å². The van der Waals surface area contributed by atoms with Crippen molar-refractivity contribution in [1.82, 2.24) is 9.55 Å². The zero-order valence-electron chi connectivity index (χ0n) is 18.0. The van der Waals surface area contributed by atoms with E-state index in [0.29, 0.717) is 38.0 Å². The first-order chi connectivity index (χ1) is 15.8. The molecule has 0 unspecified atom stereocenters. The zero-order valence-corrected chi connectivity index (χ0v) is 19.5. The van der Waals surface area contributed by atoms with Crippen molar-refractivity contribution in [2.45, 2.75) is 19.0 Å². The fourth-order valence-electron chi connectivity index (χ4n) is 3.40. The molecule has 0 radical (unpaired) electrons. The van der Waals surface area contributed by atoms with Crippen molar-refractivity contribution in [3.05, 3.63) is 93.2 Å². The molecule has 4 rings (SSSR count). The van der Waals surface area contributed by atoms with Crippen LogP contribution >= 0.6 is 23.4 Å². The number of aromatic nitrogens is 2. The number of carbonyl (C=O) groups excluding carboxylic acids is 2. The molecule has 1 aromatic heterocycles. The largest absolute Gasteiger partial charge is 0.325 e. The Morgan fingerprint density at radius 1 is 1.06 bits per heavy atom. The molecule has 0 saturated heterocycles. The Morgan fingerprint density at radius 2 is 1.82 bits per heavy atom. The lowest BCUT2D eigenvalue weighted by atomic mass is 10.1. The molecular formula is C25H20ClN3O3S. The van der Waals surface area contributed by atoms with Gasteiger partial charge in [0.25, 0.3) is 5.56 Å². The fraction of sp³-hybridized carbons (Fsp3) is 0.120. The molecule has 3 aromatic carbocycles. The Balaban J connectivity index is 1.68.